The number of anilines is 1. The molecule has 1 saturated carbocycles. The molecule has 1 aliphatic rings. The Morgan fingerprint density at radius 2 is 2.05 bits per heavy atom. The normalized spacial score (nSPS) is 15.5. The lowest BCUT2D eigenvalue weighted by atomic mass is 10.1. The van der Waals surface area contributed by atoms with Crippen LogP contribution in [0.4, 0.5) is 5.69 Å². The van der Waals surface area contributed by atoms with E-state index in [1.807, 2.05) is 19.1 Å². The molecule has 0 spiro atoms. The zero-order chi connectivity index (χ0) is 15.0. The smallest absolute Gasteiger partial charge is 0.281 e. The minimum atomic E-state index is -0.219. The zero-order valence-electron chi connectivity index (χ0n) is 12.3. The molecular formula is C16H19N3O2. The molecule has 110 valence electrons. The Kier molecular flexibility index (Phi) is 3.49. The first-order chi connectivity index (χ1) is 10.1. The number of aryl methyl sites for hydroxylation is 2. The van der Waals surface area contributed by atoms with Gasteiger partial charge in [-0.2, -0.15) is 0 Å². The van der Waals surface area contributed by atoms with Crippen LogP contribution in [-0.4, -0.2) is 15.3 Å². The second kappa shape index (κ2) is 5.31. The van der Waals surface area contributed by atoms with Gasteiger partial charge in [0.2, 0.25) is 5.91 Å². The van der Waals surface area contributed by atoms with E-state index in [2.05, 4.69) is 10.3 Å². The molecule has 3 rings (SSSR count). The summed E-state index contributed by atoms with van der Waals surface area (Å²) >= 11 is 0. The second-order valence-corrected chi connectivity index (χ2v) is 5.78. The van der Waals surface area contributed by atoms with Crippen molar-refractivity contribution in [2.24, 2.45) is 5.92 Å². The lowest BCUT2D eigenvalue weighted by Gasteiger charge is -2.12. The van der Waals surface area contributed by atoms with Gasteiger partial charge >= 0.3 is 0 Å². The highest BCUT2D eigenvalue weighted by Crippen LogP contribution is 2.25. The molecule has 0 unspecified atom stereocenters. The standard InChI is InChI=1S/C16H19N3O2/c1-10-7-8-19-13(9-10)17-11(2)14(16(19)21)18-15(20)12-5-3-4-6-12/h7-9,12H,3-6H2,1-2H3,(H,18,20). The highest BCUT2D eigenvalue weighted by atomic mass is 16.2. The average molecular weight is 285 g/mol. The summed E-state index contributed by atoms with van der Waals surface area (Å²) in [6.07, 6.45) is 5.69. The quantitative estimate of drug-likeness (QED) is 0.921. The van der Waals surface area contributed by atoms with E-state index in [4.69, 9.17) is 0 Å². The summed E-state index contributed by atoms with van der Waals surface area (Å²) in [6, 6.07) is 3.71. The van der Waals surface area contributed by atoms with Crippen LogP contribution < -0.4 is 10.9 Å². The Balaban J connectivity index is 2.00. The maximum absolute atomic E-state index is 12.5. The highest BCUT2D eigenvalue weighted by Gasteiger charge is 2.24. The minimum absolute atomic E-state index is 0.0301. The van der Waals surface area contributed by atoms with Crippen molar-refractivity contribution in [3.63, 3.8) is 0 Å². The molecule has 1 amide bonds. The number of pyridine rings is 1. The van der Waals surface area contributed by atoms with Gasteiger partial charge in [0.05, 0.1) is 5.69 Å². The molecule has 2 aromatic heterocycles. The summed E-state index contributed by atoms with van der Waals surface area (Å²) in [6.45, 7) is 3.71. The van der Waals surface area contributed by atoms with Crippen molar-refractivity contribution in [1.29, 1.82) is 0 Å². The van der Waals surface area contributed by atoms with Crippen LogP contribution in [0.5, 0.6) is 0 Å². The van der Waals surface area contributed by atoms with Gasteiger partial charge in [-0.15, -0.1) is 0 Å². The van der Waals surface area contributed by atoms with E-state index in [1.54, 1.807) is 13.1 Å². The van der Waals surface area contributed by atoms with Crippen LogP contribution in [0.15, 0.2) is 23.1 Å². The topological polar surface area (TPSA) is 63.5 Å². The van der Waals surface area contributed by atoms with Gasteiger partial charge in [-0.05, 0) is 44.4 Å². The van der Waals surface area contributed by atoms with Crippen LogP contribution in [0.1, 0.15) is 36.9 Å². The number of hydrogen-bond acceptors (Lipinski definition) is 3. The minimum Gasteiger partial charge on any atom is -0.320 e. The van der Waals surface area contributed by atoms with E-state index < -0.39 is 0 Å². The molecule has 5 nitrogen and oxygen atoms in total. The summed E-state index contributed by atoms with van der Waals surface area (Å²) in [5, 5.41) is 2.79. The molecule has 2 aromatic rings. The number of fused-ring (bicyclic) bond motifs is 1. The van der Waals surface area contributed by atoms with Crippen molar-refractivity contribution >= 4 is 17.2 Å². The molecule has 5 heteroatoms. The molecule has 1 N–H and O–H groups in total. The predicted molar refractivity (Wildman–Crippen MR) is 81.5 cm³/mol. The summed E-state index contributed by atoms with van der Waals surface area (Å²) in [5.74, 6) is -0.0240. The number of nitrogens with zero attached hydrogens (tertiary/aromatic N) is 2. The molecule has 0 bridgehead atoms. The SMILES string of the molecule is Cc1ccn2c(=O)c(NC(=O)C3CCCC3)c(C)nc2c1. The molecular weight excluding hydrogens is 266 g/mol. The molecule has 1 fully saturated rings. The Labute approximate surface area is 123 Å². The Bertz CT molecular complexity index is 758. The van der Waals surface area contributed by atoms with Crippen molar-refractivity contribution in [3.05, 3.63) is 39.9 Å². The molecule has 2 heterocycles. The van der Waals surface area contributed by atoms with Crippen molar-refractivity contribution in [2.75, 3.05) is 5.32 Å². The molecule has 0 saturated heterocycles. The summed E-state index contributed by atoms with van der Waals surface area (Å²) in [4.78, 5) is 29.2. The fourth-order valence-corrected chi connectivity index (χ4v) is 2.91. The number of aromatic nitrogens is 2. The lowest BCUT2D eigenvalue weighted by molar-refractivity contribution is -0.119. The molecule has 0 radical (unpaired) electrons. The zero-order valence-corrected chi connectivity index (χ0v) is 12.3. The van der Waals surface area contributed by atoms with Gasteiger partial charge in [-0.3, -0.25) is 14.0 Å². The number of amides is 1. The van der Waals surface area contributed by atoms with Crippen molar-refractivity contribution in [2.45, 2.75) is 39.5 Å². The van der Waals surface area contributed by atoms with Crippen LogP contribution in [-0.2, 0) is 4.79 Å². The van der Waals surface area contributed by atoms with Gasteiger partial charge in [0.25, 0.3) is 5.56 Å². The first-order valence-corrected chi connectivity index (χ1v) is 7.37. The Morgan fingerprint density at radius 1 is 1.33 bits per heavy atom. The summed E-state index contributed by atoms with van der Waals surface area (Å²) < 4.78 is 1.48. The number of carbonyl (C=O) groups is 1. The number of carbonyl (C=O) groups excluding carboxylic acids is 1. The average Bonchev–Trinajstić information content (AvgIpc) is 2.97. The maximum atomic E-state index is 12.5. The summed E-state index contributed by atoms with van der Waals surface area (Å²) in [5.41, 5.74) is 2.30. The van der Waals surface area contributed by atoms with E-state index in [-0.39, 0.29) is 17.4 Å². The number of rotatable bonds is 2. The fourth-order valence-electron chi connectivity index (χ4n) is 2.91. The maximum Gasteiger partial charge on any atom is 0.281 e. The largest absolute Gasteiger partial charge is 0.320 e. The predicted octanol–water partition coefficient (Wildman–Crippen LogP) is 2.44. The molecule has 1 aliphatic carbocycles. The van der Waals surface area contributed by atoms with Gasteiger partial charge in [0.15, 0.2) is 0 Å². The summed E-state index contributed by atoms with van der Waals surface area (Å²) in [7, 11) is 0. The molecule has 0 atom stereocenters. The third-order valence-electron chi connectivity index (χ3n) is 4.14. The second-order valence-electron chi connectivity index (χ2n) is 5.78. The lowest BCUT2D eigenvalue weighted by Crippen LogP contribution is -2.28. The number of nitrogens with one attached hydrogen (secondary N) is 1. The number of hydrogen-bond donors (Lipinski definition) is 1. The first-order valence-electron chi connectivity index (χ1n) is 7.37. The Morgan fingerprint density at radius 3 is 2.76 bits per heavy atom. The van der Waals surface area contributed by atoms with E-state index >= 15 is 0 Å². The molecule has 0 aliphatic heterocycles. The van der Waals surface area contributed by atoms with Crippen molar-refractivity contribution in [3.8, 4) is 0 Å². The van der Waals surface area contributed by atoms with Crippen LogP contribution >= 0.6 is 0 Å². The van der Waals surface area contributed by atoms with Crippen LogP contribution in [0.2, 0.25) is 0 Å². The van der Waals surface area contributed by atoms with Crippen molar-refractivity contribution in [1.82, 2.24) is 9.38 Å². The van der Waals surface area contributed by atoms with E-state index in [0.717, 1.165) is 31.2 Å². The van der Waals surface area contributed by atoms with Gasteiger partial charge in [-0.1, -0.05) is 12.8 Å². The highest BCUT2D eigenvalue weighted by molar-refractivity contribution is 5.93. The van der Waals surface area contributed by atoms with Gasteiger partial charge in [0.1, 0.15) is 11.3 Å². The van der Waals surface area contributed by atoms with Crippen molar-refractivity contribution < 1.29 is 4.79 Å². The Hall–Kier alpha value is -2.17. The van der Waals surface area contributed by atoms with E-state index in [1.165, 1.54) is 4.40 Å². The van der Waals surface area contributed by atoms with Crippen LogP contribution in [0.3, 0.4) is 0 Å². The van der Waals surface area contributed by atoms with Gasteiger partial charge < -0.3 is 5.32 Å². The van der Waals surface area contributed by atoms with E-state index in [9.17, 15) is 9.59 Å². The van der Waals surface area contributed by atoms with Crippen LogP contribution in [0, 0.1) is 19.8 Å². The molecule has 0 aromatic carbocycles. The third-order valence-corrected chi connectivity index (χ3v) is 4.14. The fraction of sp³-hybridized carbons (Fsp3) is 0.438. The van der Waals surface area contributed by atoms with Gasteiger partial charge in [0, 0.05) is 12.1 Å². The third kappa shape index (κ3) is 2.55. The van der Waals surface area contributed by atoms with Gasteiger partial charge in [-0.25, -0.2) is 4.98 Å². The van der Waals surface area contributed by atoms with Crippen LogP contribution in [0.25, 0.3) is 5.65 Å². The molecule has 21 heavy (non-hydrogen) atoms. The monoisotopic (exact) mass is 285 g/mol. The first kappa shape index (κ1) is 13.8. The van der Waals surface area contributed by atoms with E-state index in [0.29, 0.717) is 17.0 Å².